The summed E-state index contributed by atoms with van der Waals surface area (Å²) in [5.41, 5.74) is 0. The van der Waals surface area contributed by atoms with E-state index in [1.165, 1.54) is 6.42 Å². The molecule has 2 heterocycles. The lowest BCUT2D eigenvalue weighted by Gasteiger charge is -2.11. The van der Waals surface area contributed by atoms with E-state index in [4.69, 9.17) is 4.74 Å². The van der Waals surface area contributed by atoms with E-state index >= 15 is 0 Å². The molecule has 0 spiro atoms. The van der Waals surface area contributed by atoms with Crippen LogP contribution in [0.1, 0.15) is 32.1 Å². The Morgan fingerprint density at radius 3 is 3.06 bits per heavy atom. The van der Waals surface area contributed by atoms with Gasteiger partial charge in [0.2, 0.25) is 5.91 Å². The molecule has 2 rings (SSSR count). The molecule has 2 atom stereocenters. The molecule has 2 fully saturated rings. The fourth-order valence-electron chi connectivity index (χ4n) is 2.47. The van der Waals surface area contributed by atoms with Gasteiger partial charge in [0.25, 0.3) is 0 Å². The zero-order valence-electron chi connectivity index (χ0n) is 9.84. The van der Waals surface area contributed by atoms with Gasteiger partial charge in [0.1, 0.15) is 0 Å². The van der Waals surface area contributed by atoms with Gasteiger partial charge in [0, 0.05) is 19.6 Å². The highest BCUT2D eigenvalue weighted by Gasteiger charge is 2.18. The maximum atomic E-state index is 11.6. The summed E-state index contributed by atoms with van der Waals surface area (Å²) in [4.78, 5) is 11.6. The average Bonchev–Trinajstić information content (AvgIpc) is 2.90. The van der Waals surface area contributed by atoms with Gasteiger partial charge < -0.3 is 15.4 Å². The normalized spacial score (nSPS) is 29.5. The molecule has 0 aromatic rings. The maximum Gasteiger partial charge on any atom is 0.220 e. The Labute approximate surface area is 97.1 Å². The summed E-state index contributed by atoms with van der Waals surface area (Å²) in [7, 11) is 0. The zero-order valence-corrected chi connectivity index (χ0v) is 9.84. The van der Waals surface area contributed by atoms with E-state index in [0.29, 0.717) is 18.4 Å². The quantitative estimate of drug-likeness (QED) is 0.724. The van der Waals surface area contributed by atoms with Gasteiger partial charge in [-0.15, -0.1) is 0 Å². The first-order valence-corrected chi connectivity index (χ1v) is 6.43. The molecule has 1 amide bonds. The van der Waals surface area contributed by atoms with Crippen molar-refractivity contribution >= 4 is 5.91 Å². The number of ether oxygens (including phenoxy) is 1. The predicted molar refractivity (Wildman–Crippen MR) is 62.2 cm³/mol. The molecule has 0 radical (unpaired) electrons. The maximum absolute atomic E-state index is 11.6. The van der Waals surface area contributed by atoms with Crippen LogP contribution in [-0.2, 0) is 9.53 Å². The highest BCUT2D eigenvalue weighted by Crippen LogP contribution is 2.15. The number of carbonyl (C=O) groups is 1. The van der Waals surface area contributed by atoms with Crippen LogP contribution in [0.3, 0.4) is 0 Å². The van der Waals surface area contributed by atoms with Gasteiger partial charge in [0.05, 0.1) is 6.10 Å². The van der Waals surface area contributed by atoms with Crippen molar-refractivity contribution in [3.63, 3.8) is 0 Å². The van der Waals surface area contributed by atoms with Gasteiger partial charge in [0.15, 0.2) is 0 Å². The van der Waals surface area contributed by atoms with Gasteiger partial charge in [-0.25, -0.2) is 0 Å². The molecule has 16 heavy (non-hydrogen) atoms. The van der Waals surface area contributed by atoms with E-state index in [-0.39, 0.29) is 5.91 Å². The molecule has 0 aromatic carbocycles. The number of rotatable bonds is 5. The van der Waals surface area contributed by atoms with E-state index < -0.39 is 0 Å². The molecule has 2 N–H and O–H groups in total. The van der Waals surface area contributed by atoms with Crippen molar-refractivity contribution in [2.45, 2.75) is 38.2 Å². The van der Waals surface area contributed by atoms with Crippen LogP contribution in [0.4, 0.5) is 0 Å². The molecule has 0 bridgehead atoms. The minimum atomic E-state index is 0.201. The number of hydrogen-bond acceptors (Lipinski definition) is 3. The van der Waals surface area contributed by atoms with E-state index in [9.17, 15) is 4.79 Å². The van der Waals surface area contributed by atoms with Crippen molar-refractivity contribution in [3.8, 4) is 0 Å². The molecule has 4 nitrogen and oxygen atoms in total. The van der Waals surface area contributed by atoms with Crippen LogP contribution in [0, 0.1) is 5.92 Å². The molecular formula is C12H22N2O2. The second-order valence-corrected chi connectivity index (χ2v) is 4.84. The van der Waals surface area contributed by atoms with Crippen LogP contribution < -0.4 is 10.6 Å². The van der Waals surface area contributed by atoms with Crippen LogP contribution in [0.2, 0.25) is 0 Å². The smallest absolute Gasteiger partial charge is 0.220 e. The molecule has 2 aliphatic rings. The lowest BCUT2D eigenvalue weighted by molar-refractivity contribution is -0.121. The summed E-state index contributed by atoms with van der Waals surface area (Å²) in [5, 5.41) is 6.27. The number of amides is 1. The van der Waals surface area contributed by atoms with Crippen LogP contribution in [0.25, 0.3) is 0 Å². The monoisotopic (exact) mass is 226 g/mol. The number of nitrogens with one attached hydrogen (secondary N) is 2. The highest BCUT2D eigenvalue weighted by molar-refractivity contribution is 5.76. The van der Waals surface area contributed by atoms with Crippen molar-refractivity contribution in [3.05, 3.63) is 0 Å². The van der Waals surface area contributed by atoms with E-state index in [0.717, 1.165) is 45.5 Å². The Hall–Kier alpha value is -0.610. The van der Waals surface area contributed by atoms with Crippen LogP contribution in [-0.4, -0.2) is 38.3 Å². The summed E-state index contributed by atoms with van der Waals surface area (Å²) in [6.07, 6.45) is 5.50. The Morgan fingerprint density at radius 1 is 1.44 bits per heavy atom. The molecule has 4 heteroatoms. The average molecular weight is 226 g/mol. The van der Waals surface area contributed by atoms with Crippen molar-refractivity contribution < 1.29 is 9.53 Å². The van der Waals surface area contributed by atoms with Gasteiger partial charge in [-0.2, -0.15) is 0 Å². The molecular weight excluding hydrogens is 204 g/mol. The third-order valence-electron chi connectivity index (χ3n) is 3.45. The Bertz CT molecular complexity index is 221. The van der Waals surface area contributed by atoms with E-state index in [1.54, 1.807) is 0 Å². The summed E-state index contributed by atoms with van der Waals surface area (Å²) in [5.74, 6) is 0.745. The molecule has 2 unspecified atom stereocenters. The van der Waals surface area contributed by atoms with Crippen LogP contribution >= 0.6 is 0 Å². The lowest BCUT2D eigenvalue weighted by Crippen LogP contribution is -2.29. The third-order valence-corrected chi connectivity index (χ3v) is 3.45. The van der Waals surface area contributed by atoms with Crippen molar-refractivity contribution in [1.29, 1.82) is 0 Å². The third kappa shape index (κ3) is 3.76. The second-order valence-electron chi connectivity index (χ2n) is 4.84. The number of carbonyl (C=O) groups excluding carboxylic acids is 1. The topological polar surface area (TPSA) is 50.4 Å². The standard InChI is InChI=1S/C12H22N2O2/c15-12(8-10-3-5-13-9-10)14-6-4-11-2-1-7-16-11/h10-11,13H,1-9H2,(H,14,15). The summed E-state index contributed by atoms with van der Waals surface area (Å²) in [6.45, 7) is 3.73. The van der Waals surface area contributed by atoms with E-state index in [1.807, 2.05) is 0 Å². The highest BCUT2D eigenvalue weighted by atomic mass is 16.5. The Balaban J connectivity index is 1.52. The van der Waals surface area contributed by atoms with Crippen LogP contribution in [0.5, 0.6) is 0 Å². The zero-order chi connectivity index (χ0) is 11.2. The van der Waals surface area contributed by atoms with Gasteiger partial charge in [-0.3, -0.25) is 4.79 Å². The van der Waals surface area contributed by atoms with Crippen LogP contribution in [0.15, 0.2) is 0 Å². The fourth-order valence-corrected chi connectivity index (χ4v) is 2.47. The summed E-state index contributed by atoms with van der Waals surface area (Å²) < 4.78 is 5.51. The van der Waals surface area contributed by atoms with Gasteiger partial charge in [-0.05, 0) is 44.7 Å². The van der Waals surface area contributed by atoms with Crippen molar-refractivity contribution in [2.75, 3.05) is 26.2 Å². The molecule has 2 saturated heterocycles. The summed E-state index contributed by atoms with van der Waals surface area (Å²) >= 11 is 0. The lowest BCUT2D eigenvalue weighted by atomic mass is 10.0. The van der Waals surface area contributed by atoms with Gasteiger partial charge in [-0.1, -0.05) is 0 Å². The molecule has 0 saturated carbocycles. The minimum absolute atomic E-state index is 0.201. The SMILES string of the molecule is O=C(CC1CCNC1)NCCC1CCCO1. The van der Waals surface area contributed by atoms with Gasteiger partial charge >= 0.3 is 0 Å². The Kier molecular flexibility index (Phi) is 4.60. The second kappa shape index (κ2) is 6.21. The number of hydrogen-bond donors (Lipinski definition) is 2. The van der Waals surface area contributed by atoms with Crippen molar-refractivity contribution in [2.24, 2.45) is 5.92 Å². The van der Waals surface area contributed by atoms with Crippen molar-refractivity contribution in [1.82, 2.24) is 10.6 Å². The Morgan fingerprint density at radius 2 is 2.38 bits per heavy atom. The van der Waals surface area contributed by atoms with E-state index in [2.05, 4.69) is 10.6 Å². The summed E-state index contributed by atoms with van der Waals surface area (Å²) in [6, 6.07) is 0. The predicted octanol–water partition coefficient (Wildman–Crippen LogP) is 0.671. The fraction of sp³-hybridized carbons (Fsp3) is 0.917. The minimum Gasteiger partial charge on any atom is -0.378 e. The molecule has 2 aliphatic heterocycles. The molecule has 92 valence electrons. The first-order chi connectivity index (χ1) is 7.84. The molecule has 0 aromatic heterocycles. The largest absolute Gasteiger partial charge is 0.378 e. The first-order valence-electron chi connectivity index (χ1n) is 6.43. The first kappa shape index (κ1) is 11.9. The molecule has 0 aliphatic carbocycles.